The number of hydrogen-bond donors (Lipinski definition) is 2. The van der Waals surface area contributed by atoms with Crippen molar-refractivity contribution < 1.29 is 19.5 Å². The molecule has 100 valence electrons. The topological polar surface area (TPSA) is 93.9 Å². The third-order valence-corrected chi connectivity index (χ3v) is 2.35. The zero-order valence-electron chi connectivity index (χ0n) is 10.3. The van der Waals surface area contributed by atoms with Gasteiger partial charge in [-0.15, -0.1) is 0 Å². The van der Waals surface area contributed by atoms with Crippen LogP contribution >= 0.6 is 0 Å². The van der Waals surface area contributed by atoms with Crippen molar-refractivity contribution in [2.45, 2.75) is 6.04 Å². The standard InChI is InChI=1S/C11H16N2O5/c1-17-7-8(6-14)12-10-4-3-9(18-2)5-11(10)13(15)16/h3-5,8,12,14H,6-7H2,1-2H3. The summed E-state index contributed by atoms with van der Waals surface area (Å²) in [6.07, 6.45) is 0. The fourth-order valence-corrected chi connectivity index (χ4v) is 1.47. The van der Waals surface area contributed by atoms with Crippen molar-refractivity contribution in [2.75, 3.05) is 32.8 Å². The maximum absolute atomic E-state index is 10.9. The van der Waals surface area contributed by atoms with E-state index in [1.807, 2.05) is 0 Å². The van der Waals surface area contributed by atoms with Crippen molar-refractivity contribution >= 4 is 11.4 Å². The number of nitrogens with one attached hydrogen (secondary N) is 1. The number of nitro groups is 1. The number of benzene rings is 1. The van der Waals surface area contributed by atoms with E-state index < -0.39 is 11.0 Å². The van der Waals surface area contributed by atoms with Gasteiger partial charge in [-0.3, -0.25) is 10.1 Å². The molecule has 1 rings (SSSR count). The predicted molar refractivity (Wildman–Crippen MR) is 66.0 cm³/mol. The van der Waals surface area contributed by atoms with Gasteiger partial charge in [-0.05, 0) is 12.1 Å². The summed E-state index contributed by atoms with van der Waals surface area (Å²) >= 11 is 0. The molecule has 2 N–H and O–H groups in total. The molecule has 18 heavy (non-hydrogen) atoms. The van der Waals surface area contributed by atoms with Crippen LogP contribution in [0.3, 0.4) is 0 Å². The Labute approximate surface area is 104 Å². The van der Waals surface area contributed by atoms with Crippen LogP contribution in [0.2, 0.25) is 0 Å². The number of ether oxygens (including phenoxy) is 2. The van der Waals surface area contributed by atoms with E-state index >= 15 is 0 Å². The molecule has 1 unspecified atom stereocenters. The molecule has 0 spiro atoms. The Hall–Kier alpha value is -1.86. The summed E-state index contributed by atoms with van der Waals surface area (Å²) in [4.78, 5) is 10.4. The third kappa shape index (κ3) is 3.57. The van der Waals surface area contributed by atoms with E-state index in [-0.39, 0.29) is 18.9 Å². The summed E-state index contributed by atoms with van der Waals surface area (Å²) in [6.45, 7) is 0.0662. The molecule has 0 bridgehead atoms. The molecule has 0 aliphatic rings. The maximum atomic E-state index is 10.9. The lowest BCUT2D eigenvalue weighted by Crippen LogP contribution is -2.29. The minimum Gasteiger partial charge on any atom is -0.496 e. The molecule has 1 atom stereocenters. The number of nitrogens with zero attached hydrogens (tertiary/aromatic N) is 1. The van der Waals surface area contributed by atoms with Crippen LogP contribution in [0.5, 0.6) is 5.75 Å². The summed E-state index contributed by atoms with van der Waals surface area (Å²) < 4.78 is 9.83. The number of hydrogen-bond acceptors (Lipinski definition) is 6. The van der Waals surface area contributed by atoms with Crippen molar-refractivity contribution in [2.24, 2.45) is 0 Å². The van der Waals surface area contributed by atoms with Crippen molar-refractivity contribution in [3.8, 4) is 5.75 Å². The first kappa shape index (κ1) is 14.2. The molecule has 1 aromatic carbocycles. The van der Waals surface area contributed by atoms with Crippen LogP contribution < -0.4 is 10.1 Å². The molecule has 0 saturated heterocycles. The number of nitro benzene ring substituents is 1. The molecule has 7 heteroatoms. The zero-order chi connectivity index (χ0) is 13.5. The number of anilines is 1. The third-order valence-electron chi connectivity index (χ3n) is 2.35. The van der Waals surface area contributed by atoms with Gasteiger partial charge >= 0.3 is 0 Å². The molecule has 0 radical (unpaired) electrons. The minimum atomic E-state index is -0.508. The van der Waals surface area contributed by atoms with Gasteiger partial charge in [-0.25, -0.2) is 0 Å². The molecule has 0 saturated carbocycles. The molecule has 0 heterocycles. The number of methoxy groups -OCH3 is 2. The van der Waals surface area contributed by atoms with Gasteiger partial charge in [-0.1, -0.05) is 0 Å². The van der Waals surface area contributed by atoms with E-state index in [2.05, 4.69) is 5.32 Å². The molecule has 1 aromatic rings. The first-order chi connectivity index (χ1) is 8.62. The lowest BCUT2D eigenvalue weighted by molar-refractivity contribution is -0.384. The van der Waals surface area contributed by atoms with Crippen LogP contribution in [0.15, 0.2) is 18.2 Å². The SMILES string of the molecule is COCC(CO)Nc1ccc(OC)cc1[N+](=O)[O-]. The first-order valence-corrected chi connectivity index (χ1v) is 5.31. The minimum absolute atomic E-state index is 0.107. The second-order valence-electron chi connectivity index (χ2n) is 3.62. The highest BCUT2D eigenvalue weighted by atomic mass is 16.6. The lowest BCUT2D eigenvalue weighted by Gasteiger charge is -2.16. The molecular weight excluding hydrogens is 240 g/mol. The fourth-order valence-electron chi connectivity index (χ4n) is 1.47. The molecule has 0 amide bonds. The smallest absolute Gasteiger partial charge is 0.296 e. The van der Waals surface area contributed by atoms with Crippen LogP contribution in [0.4, 0.5) is 11.4 Å². The maximum Gasteiger partial charge on any atom is 0.296 e. The summed E-state index contributed by atoms with van der Waals surface area (Å²) in [7, 11) is 2.93. The quantitative estimate of drug-likeness (QED) is 0.559. The van der Waals surface area contributed by atoms with Crippen LogP contribution in [0.25, 0.3) is 0 Å². The van der Waals surface area contributed by atoms with E-state index in [9.17, 15) is 10.1 Å². The van der Waals surface area contributed by atoms with Crippen molar-refractivity contribution in [1.82, 2.24) is 0 Å². The number of aliphatic hydroxyl groups is 1. The fraction of sp³-hybridized carbons (Fsp3) is 0.455. The first-order valence-electron chi connectivity index (χ1n) is 5.31. The Bertz CT molecular complexity index is 410. The van der Waals surface area contributed by atoms with Crippen LogP contribution in [-0.4, -0.2) is 43.5 Å². The molecular formula is C11H16N2O5. The number of aliphatic hydroxyl groups excluding tert-OH is 1. The summed E-state index contributed by atoms with van der Waals surface area (Å²) in [5.74, 6) is 0.402. The number of rotatable bonds is 7. The second kappa shape index (κ2) is 6.77. The molecule has 0 fully saturated rings. The van der Waals surface area contributed by atoms with E-state index in [0.717, 1.165) is 0 Å². The molecule has 7 nitrogen and oxygen atoms in total. The summed E-state index contributed by atoms with van der Waals surface area (Å²) in [6, 6.07) is 4.07. The highest BCUT2D eigenvalue weighted by Crippen LogP contribution is 2.29. The van der Waals surface area contributed by atoms with E-state index in [4.69, 9.17) is 14.6 Å². The summed E-state index contributed by atoms with van der Waals surface area (Å²) in [5, 5.41) is 22.9. The van der Waals surface area contributed by atoms with Crippen LogP contribution in [-0.2, 0) is 4.74 Å². The second-order valence-corrected chi connectivity index (χ2v) is 3.62. The van der Waals surface area contributed by atoms with Gasteiger partial charge in [0, 0.05) is 7.11 Å². The zero-order valence-corrected chi connectivity index (χ0v) is 10.3. The molecule has 0 aliphatic heterocycles. The highest BCUT2D eigenvalue weighted by Gasteiger charge is 2.17. The van der Waals surface area contributed by atoms with Crippen molar-refractivity contribution in [3.05, 3.63) is 28.3 Å². The average Bonchev–Trinajstić information content (AvgIpc) is 2.38. The van der Waals surface area contributed by atoms with Gasteiger partial charge in [0.25, 0.3) is 5.69 Å². The monoisotopic (exact) mass is 256 g/mol. The molecule has 0 aromatic heterocycles. The Balaban J connectivity index is 2.96. The van der Waals surface area contributed by atoms with Gasteiger partial charge in [0.1, 0.15) is 11.4 Å². The van der Waals surface area contributed by atoms with Gasteiger partial charge in [0.15, 0.2) is 0 Å². The Morgan fingerprint density at radius 2 is 2.22 bits per heavy atom. The van der Waals surface area contributed by atoms with Crippen molar-refractivity contribution in [3.63, 3.8) is 0 Å². The van der Waals surface area contributed by atoms with E-state index in [1.54, 1.807) is 6.07 Å². The van der Waals surface area contributed by atoms with Gasteiger partial charge < -0.3 is 19.9 Å². The summed E-state index contributed by atoms with van der Waals surface area (Å²) in [5.41, 5.74) is 0.209. The van der Waals surface area contributed by atoms with E-state index in [0.29, 0.717) is 11.4 Å². The van der Waals surface area contributed by atoms with Gasteiger partial charge in [0.05, 0.1) is 37.4 Å². The largest absolute Gasteiger partial charge is 0.496 e. The lowest BCUT2D eigenvalue weighted by atomic mass is 10.2. The van der Waals surface area contributed by atoms with E-state index in [1.165, 1.54) is 26.4 Å². The Kier molecular flexibility index (Phi) is 5.34. The Morgan fingerprint density at radius 3 is 2.72 bits per heavy atom. The van der Waals surface area contributed by atoms with Gasteiger partial charge in [-0.2, -0.15) is 0 Å². The molecule has 0 aliphatic carbocycles. The Morgan fingerprint density at radius 1 is 1.50 bits per heavy atom. The normalized spacial score (nSPS) is 11.9. The van der Waals surface area contributed by atoms with Crippen LogP contribution in [0, 0.1) is 10.1 Å². The van der Waals surface area contributed by atoms with Crippen LogP contribution in [0.1, 0.15) is 0 Å². The van der Waals surface area contributed by atoms with Crippen molar-refractivity contribution in [1.29, 1.82) is 0 Å². The van der Waals surface area contributed by atoms with Gasteiger partial charge in [0.2, 0.25) is 0 Å². The highest BCUT2D eigenvalue weighted by molar-refractivity contribution is 5.64. The average molecular weight is 256 g/mol. The predicted octanol–water partition coefficient (Wildman–Crippen LogP) is 1.02.